The summed E-state index contributed by atoms with van der Waals surface area (Å²) in [4.78, 5) is 4.36. The molecule has 1 aromatic heterocycles. The van der Waals surface area contributed by atoms with Crippen molar-refractivity contribution in [2.45, 2.75) is 26.8 Å². The zero-order valence-corrected chi connectivity index (χ0v) is 10.4. The highest BCUT2D eigenvalue weighted by atomic mass is 35.5. The van der Waals surface area contributed by atoms with Gasteiger partial charge in [0.2, 0.25) is 5.89 Å². The van der Waals surface area contributed by atoms with Gasteiger partial charge in [0.05, 0.1) is 6.04 Å². The van der Waals surface area contributed by atoms with Crippen molar-refractivity contribution in [3.8, 4) is 0 Å². The predicted octanol–water partition coefficient (Wildman–Crippen LogP) is 3.53. The van der Waals surface area contributed by atoms with Crippen LogP contribution in [0, 0.1) is 5.41 Å². The Morgan fingerprint density at radius 1 is 1.38 bits per heavy atom. The number of nitrogens with zero attached hydrogens (tertiary/aromatic N) is 1. The molecule has 0 saturated heterocycles. The van der Waals surface area contributed by atoms with E-state index in [1.165, 1.54) is 0 Å². The van der Waals surface area contributed by atoms with Crippen molar-refractivity contribution in [3.63, 3.8) is 0 Å². The fraction of sp³-hybridized carbons (Fsp3) is 0.417. The molecule has 0 radical (unpaired) electrons. The predicted molar refractivity (Wildman–Crippen MR) is 65.4 cm³/mol. The Morgan fingerprint density at radius 2 is 2.06 bits per heavy atom. The van der Waals surface area contributed by atoms with Crippen molar-refractivity contribution in [1.29, 1.82) is 0 Å². The van der Waals surface area contributed by atoms with Gasteiger partial charge in [-0.2, -0.15) is 0 Å². The molecule has 0 amide bonds. The van der Waals surface area contributed by atoms with Crippen molar-refractivity contribution >= 4 is 22.7 Å². The van der Waals surface area contributed by atoms with Gasteiger partial charge in [0.25, 0.3) is 0 Å². The van der Waals surface area contributed by atoms with Crippen molar-refractivity contribution in [2.24, 2.45) is 11.1 Å². The molecule has 2 N–H and O–H groups in total. The van der Waals surface area contributed by atoms with Gasteiger partial charge >= 0.3 is 0 Å². The molecule has 16 heavy (non-hydrogen) atoms. The van der Waals surface area contributed by atoms with Gasteiger partial charge in [-0.3, -0.25) is 0 Å². The summed E-state index contributed by atoms with van der Waals surface area (Å²) in [6, 6.07) is 5.14. The summed E-state index contributed by atoms with van der Waals surface area (Å²) >= 11 is 5.88. The van der Waals surface area contributed by atoms with E-state index in [0.29, 0.717) is 10.9 Å². The summed E-state index contributed by atoms with van der Waals surface area (Å²) in [7, 11) is 0. The number of aromatic nitrogens is 1. The van der Waals surface area contributed by atoms with E-state index in [9.17, 15) is 0 Å². The maximum atomic E-state index is 6.08. The molecule has 1 aromatic carbocycles. The van der Waals surface area contributed by atoms with E-state index in [0.717, 1.165) is 11.1 Å². The summed E-state index contributed by atoms with van der Waals surface area (Å²) in [6.45, 7) is 6.17. The van der Waals surface area contributed by atoms with Crippen LogP contribution in [0.25, 0.3) is 11.1 Å². The molecular formula is C12H15ClN2O. The minimum absolute atomic E-state index is 0.0787. The molecule has 0 aliphatic rings. The molecule has 0 spiro atoms. The van der Waals surface area contributed by atoms with Gasteiger partial charge in [-0.25, -0.2) is 4.98 Å². The minimum Gasteiger partial charge on any atom is -0.439 e. The van der Waals surface area contributed by atoms with Crippen LogP contribution in [0.15, 0.2) is 22.6 Å². The Bertz CT molecular complexity index is 513. The number of halogens is 1. The molecule has 0 aliphatic heterocycles. The van der Waals surface area contributed by atoms with E-state index >= 15 is 0 Å². The van der Waals surface area contributed by atoms with Crippen molar-refractivity contribution in [3.05, 3.63) is 29.1 Å². The second kappa shape index (κ2) is 3.75. The van der Waals surface area contributed by atoms with E-state index in [2.05, 4.69) is 25.8 Å². The lowest BCUT2D eigenvalue weighted by Crippen LogP contribution is -2.26. The normalized spacial score (nSPS) is 14.3. The molecular weight excluding hydrogens is 224 g/mol. The second-order valence-corrected chi connectivity index (χ2v) is 5.44. The van der Waals surface area contributed by atoms with Gasteiger partial charge in [0.1, 0.15) is 5.52 Å². The number of rotatable bonds is 1. The van der Waals surface area contributed by atoms with Crippen LogP contribution in [0.3, 0.4) is 0 Å². The average Bonchev–Trinajstić information content (AvgIpc) is 2.57. The number of fused-ring (bicyclic) bond motifs is 1. The molecule has 0 saturated carbocycles. The quantitative estimate of drug-likeness (QED) is 0.827. The molecule has 0 aliphatic carbocycles. The van der Waals surface area contributed by atoms with Gasteiger partial charge in [0.15, 0.2) is 5.58 Å². The van der Waals surface area contributed by atoms with Crippen LogP contribution < -0.4 is 5.73 Å². The number of benzene rings is 1. The van der Waals surface area contributed by atoms with Gasteiger partial charge in [-0.1, -0.05) is 32.4 Å². The summed E-state index contributed by atoms with van der Waals surface area (Å²) in [6.07, 6.45) is 0. The van der Waals surface area contributed by atoms with Crippen LogP contribution in [0.2, 0.25) is 5.02 Å². The monoisotopic (exact) mass is 238 g/mol. The van der Waals surface area contributed by atoms with E-state index in [1.807, 2.05) is 6.07 Å². The first-order valence-corrected chi connectivity index (χ1v) is 5.57. The van der Waals surface area contributed by atoms with E-state index < -0.39 is 0 Å². The molecule has 1 unspecified atom stereocenters. The average molecular weight is 239 g/mol. The first kappa shape index (κ1) is 11.4. The largest absolute Gasteiger partial charge is 0.439 e. The lowest BCUT2D eigenvalue weighted by atomic mass is 9.87. The maximum absolute atomic E-state index is 6.08. The summed E-state index contributed by atoms with van der Waals surface area (Å²) in [5.74, 6) is 0.560. The van der Waals surface area contributed by atoms with Crippen molar-refractivity contribution in [2.75, 3.05) is 0 Å². The lowest BCUT2D eigenvalue weighted by Gasteiger charge is -2.23. The summed E-state index contributed by atoms with van der Waals surface area (Å²) < 4.78 is 5.62. The number of nitrogens with two attached hydrogens (primary N) is 1. The third kappa shape index (κ3) is 2.06. The first-order valence-electron chi connectivity index (χ1n) is 5.19. The molecule has 1 atom stereocenters. The SMILES string of the molecule is CC(C)(C)C(N)c1nc2cc(Cl)ccc2o1. The molecule has 3 nitrogen and oxygen atoms in total. The van der Waals surface area contributed by atoms with Crippen molar-refractivity contribution < 1.29 is 4.42 Å². The number of hydrogen-bond acceptors (Lipinski definition) is 3. The molecule has 2 aromatic rings. The number of hydrogen-bond donors (Lipinski definition) is 1. The number of oxazole rings is 1. The molecule has 0 fully saturated rings. The van der Waals surface area contributed by atoms with Crippen LogP contribution >= 0.6 is 11.6 Å². The smallest absolute Gasteiger partial charge is 0.212 e. The third-order valence-electron chi connectivity index (χ3n) is 2.57. The first-order chi connectivity index (χ1) is 7.38. The standard InChI is InChI=1S/C12H15ClN2O/c1-12(2,3)10(14)11-15-8-6-7(13)4-5-9(8)16-11/h4-6,10H,14H2,1-3H3. The third-order valence-corrected chi connectivity index (χ3v) is 2.80. The second-order valence-electron chi connectivity index (χ2n) is 5.01. The van der Waals surface area contributed by atoms with Crippen LogP contribution in [-0.2, 0) is 0 Å². The molecule has 0 bridgehead atoms. The van der Waals surface area contributed by atoms with Gasteiger partial charge in [-0.05, 0) is 23.6 Å². The molecule has 1 heterocycles. The van der Waals surface area contributed by atoms with E-state index in [4.69, 9.17) is 21.8 Å². The fourth-order valence-electron chi connectivity index (χ4n) is 1.42. The Kier molecular flexibility index (Phi) is 2.68. The van der Waals surface area contributed by atoms with Crippen LogP contribution in [0.4, 0.5) is 0 Å². The summed E-state index contributed by atoms with van der Waals surface area (Å²) in [5.41, 5.74) is 7.48. The molecule has 86 valence electrons. The highest BCUT2D eigenvalue weighted by molar-refractivity contribution is 6.31. The zero-order valence-electron chi connectivity index (χ0n) is 9.62. The fourth-order valence-corrected chi connectivity index (χ4v) is 1.59. The van der Waals surface area contributed by atoms with Gasteiger partial charge in [0, 0.05) is 5.02 Å². The van der Waals surface area contributed by atoms with Crippen LogP contribution in [-0.4, -0.2) is 4.98 Å². The lowest BCUT2D eigenvalue weighted by molar-refractivity contribution is 0.282. The van der Waals surface area contributed by atoms with Gasteiger partial charge < -0.3 is 10.2 Å². The van der Waals surface area contributed by atoms with Crippen LogP contribution in [0.5, 0.6) is 0 Å². The highest BCUT2D eigenvalue weighted by Crippen LogP contribution is 2.32. The van der Waals surface area contributed by atoms with E-state index in [-0.39, 0.29) is 11.5 Å². The molecule has 2 rings (SSSR count). The summed E-state index contributed by atoms with van der Waals surface area (Å²) in [5, 5.41) is 0.650. The van der Waals surface area contributed by atoms with E-state index in [1.54, 1.807) is 12.1 Å². The Labute approximate surface area is 99.6 Å². The minimum atomic E-state index is -0.223. The maximum Gasteiger partial charge on any atom is 0.212 e. The van der Waals surface area contributed by atoms with Crippen LogP contribution in [0.1, 0.15) is 32.7 Å². The Balaban J connectivity index is 2.47. The Morgan fingerprint density at radius 3 is 2.69 bits per heavy atom. The van der Waals surface area contributed by atoms with Gasteiger partial charge in [-0.15, -0.1) is 0 Å². The topological polar surface area (TPSA) is 52.0 Å². The molecule has 4 heteroatoms. The Hall–Kier alpha value is -1.06. The zero-order chi connectivity index (χ0) is 11.9. The van der Waals surface area contributed by atoms with Crippen molar-refractivity contribution in [1.82, 2.24) is 4.98 Å². The highest BCUT2D eigenvalue weighted by Gasteiger charge is 2.26.